The van der Waals surface area contributed by atoms with Crippen molar-refractivity contribution in [2.45, 2.75) is 0 Å². The third-order valence-corrected chi connectivity index (χ3v) is 1.43. The van der Waals surface area contributed by atoms with Crippen LogP contribution in [0.2, 0.25) is 0 Å². The highest BCUT2D eigenvalue weighted by molar-refractivity contribution is 5.90. The smallest absolute Gasteiger partial charge is 0.338 e. The summed E-state index contributed by atoms with van der Waals surface area (Å²) < 4.78 is 4.77. The summed E-state index contributed by atoms with van der Waals surface area (Å²) in [5.74, 6) is -0.876. The van der Waals surface area contributed by atoms with Crippen LogP contribution in [0.1, 0.15) is 16.1 Å². The molecule has 1 aromatic heterocycles. The molecule has 13 heavy (non-hydrogen) atoms. The maximum atomic E-state index is 10.6. The number of carbonyl (C=O) groups is 1. The average molecular weight is 178 g/mol. The van der Waals surface area contributed by atoms with Crippen LogP contribution in [0.4, 0.5) is 0 Å². The molecular formula is C8H6N2O3. The molecule has 0 spiro atoms. The van der Waals surface area contributed by atoms with Gasteiger partial charge < -0.3 is 9.84 Å². The van der Waals surface area contributed by atoms with Crippen molar-refractivity contribution in [2.24, 2.45) is 0 Å². The average Bonchev–Trinajstić information content (AvgIpc) is 2.16. The molecule has 5 nitrogen and oxygen atoms in total. The van der Waals surface area contributed by atoms with Gasteiger partial charge in [0.05, 0.1) is 18.9 Å². The number of rotatable bonds is 2. The number of ether oxygens (including phenoxy) is 1. The first kappa shape index (κ1) is 9.00. The standard InChI is InChI=1S/C8H6N2O3/c1-13-5-2-6(8(11)12)7(3-9)10-4-5/h2,4H,1H3,(H,11,12). The Morgan fingerprint density at radius 1 is 1.77 bits per heavy atom. The second kappa shape index (κ2) is 3.54. The molecule has 5 heteroatoms. The first-order valence-electron chi connectivity index (χ1n) is 3.36. The SMILES string of the molecule is COc1cnc(C#N)c(C(=O)O)c1. The largest absolute Gasteiger partial charge is 0.495 e. The van der Waals surface area contributed by atoms with Crippen molar-refractivity contribution < 1.29 is 14.6 Å². The van der Waals surface area contributed by atoms with E-state index in [0.717, 1.165) is 0 Å². The van der Waals surface area contributed by atoms with E-state index in [4.69, 9.17) is 15.1 Å². The summed E-state index contributed by atoms with van der Waals surface area (Å²) in [7, 11) is 1.40. The molecule has 0 aliphatic carbocycles. The molecule has 0 fully saturated rings. The highest BCUT2D eigenvalue weighted by atomic mass is 16.5. The van der Waals surface area contributed by atoms with Crippen LogP contribution in [0.15, 0.2) is 12.3 Å². The summed E-state index contributed by atoms with van der Waals surface area (Å²) in [6.07, 6.45) is 1.30. The number of methoxy groups -OCH3 is 1. The normalized spacial score (nSPS) is 8.92. The number of carboxylic acids is 1. The van der Waals surface area contributed by atoms with E-state index in [1.165, 1.54) is 19.4 Å². The zero-order valence-corrected chi connectivity index (χ0v) is 6.81. The van der Waals surface area contributed by atoms with Crippen LogP contribution in [0.5, 0.6) is 5.75 Å². The lowest BCUT2D eigenvalue weighted by molar-refractivity contribution is 0.0695. The van der Waals surface area contributed by atoms with E-state index in [-0.39, 0.29) is 11.3 Å². The van der Waals surface area contributed by atoms with Crippen LogP contribution in [-0.2, 0) is 0 Å². The fourth-order valence-electron chi connectivity index (χ4n) is 0.809. The van der Waals surface area contributed by atoms with Gasteiger partial charge in [0.25, 0.3) is 0 Å². The first-order valence-corrected chi connectivity index (χ1v) is 3.36. The van der Waals surface area contributed by atoms with Gasteiger partial charge in [0, 0.05) is 0 Å². The van der Waals surface area contributed by atoms with Crippen molar-refractivity contribution in [1.29, 1.82) is 5.26 Å². The van der Waals surface area contributed by atoms with Gasteiger partial charge in [-0.15, -0.1) is 0 Å². The quantitative estimate of drug-likeness (QED) is 0.719. The first-order chi connectivity index (χ1) is 6.19. The van der Waals surface area contributed by atoms with Crippen molar-refractivity contribution in [1.82, 2.24) is 4.98 Å². The Morgan fingerprint density at radius 2 is 2.46 bits per heavy atom. The highest BCUT2D eigenvalue weighted by Crippen LogP contribution is 2.13. The van der Waals surface area contributed by atoms with E-state index in [1.807, 2.05) is 0 Å². The van der Waals surface area contributed by atoms with Crippen LogP contribution < -0.4 is 4.74 Å². The summed E-state index contributed by atoms with van der Waals surface area (Å²) in [4.78, 5) is 14.2. The van der Waals surface area contributed by atoms with Crippen molar-refractivity contribution in [3.63, 3.8) is 0 Å². The molecule has 1 N–H and O–H groups in total. The van der Waals surface area contributed by atoms with Crippen LogP contribution in [-0.4, -0.2) is 23.2 Å². The van der Waals surface area contributed by atoms with E-state index in [0.29, 0.717) is 5.75 Å². The summed E-state index contributed by atoms with van der Waals surface area (Å²) >= 11 is 0. The van der Waals surface area contributed by atoms with Gasteiger partial charge >= 0.3 is 5.97 Å². The third kappa shape index (κ3) is 1.73. The zero-order valence-electron chi connectivity index (χ0n) is 6.81. The molecule has 0 aromatic carbocycles. The molecule has 0 saturated heterocycles. The molecule has 0 bridgehead atoms. The Hall–Kier alpha value is -2.09. The lowest BCUT2D eigenvalue weighted by atomic mass is 10.2. The third-order valence-electron chi connectivity index (χ3n) is 1.43. The highest BCUT2D eigenvalue weighted by Gasteiger charge is 2.11. The fraction of sp³-hybridized carbons (Fsp3) is 0.125. The molecule has 0 amide bonds. The minimum absolute atomic E-state index is 0.117. The van der Waals surface area contributed by atoms with E-state index in [2.05, 4.69) is 4.98 Å². The molecule has 0 aliphatic heterocycles. The maximum absolute atomic E-state index is 10.6. The summed E-state index contributed by atoms with van der Waals surface area (Å²) in [5, 5.41) is 17.2. The van der Waals surface area contributed by atoms with Crippen molar-refractivity contribution in [3.05, 3.63) is 23.5 Å². The Kier molecular flexibility index (Phi) is 2.45. The van der Waals surface area contributed by atoms with E-state index < -0.39 is 5.97 Å². The van der Waals surface area contributed by atoms with E-state index in [1.54, 1.807) is 6.07 Å². The number of nitriles is 1. The number of aromatic carboxylic acids is 1. The molecule has 66 valence electrons. The van der Waals surface area contributed by atoms with Crippen molar-refractivity contribution >= 4 is 5.97 Å². The molecule has 0 unspecified atom stereocenters. The van der Waals surface area contributed by atoms with Gasteiger partial charge in [0.15, 0.2) is 5.69 Å². The lowest BCUT2D eigenvalue weighted by Gasteiger charge is -2.00. The van der Waals surface area contributed by atoms with Gasteiger partial charge in [-0.25, -0.2) is 9.78 Å². The molecular weight excluding hydrogens is 172 g/mol. The number of pyridine rings is 1. The molecule has 1 rings (SSSR count). The Balaban J connectivity index is 3.28. The topological polar surface area (TPSA) is 83.2 Å². The number of hydrogen-bond donors (Lipinski definition) is 1. The Labute approximate surface area is 74.2 Å². The molecule has 0 atom stereocenters. The fourth-order valence-corrected chi connectivity index (χ4v) is 0.809. The second-order valence-electron chi connectivity index (χ2n) is 2.19. The van der Waals surface area contributed by atoms with Gasteiger partial charge in [0.2, 0.25) is 0 Å². The minimum atomic E-state index is -1.19. The van der Waals surface area contributed by atoms with Gasteiger partial charge in [-0.3, -0.25) is 0 Å². The number of hydrogen-bond acceptors (Lipinski definition) is 4. The lowest BCUT2D eigenvalue weighted by Crippen LogP contribution is -2.02. The van der Waals surface area contributed by atoms with Gasteiger partial charge in [-0.1, -0.05) is 0 Å². The monoisotopic (exact) mass is 178 g/mol. The van der Waals surface area contributed by atoms with Crippen molar-refractivity contribution in [2.75, 3.05) is 7.11 Å². The predicted octanol–water partition coefficient (Wildman–Crippen LogP) is 0.660. The van der Waals surface area contributed by atoms with Gasteiger partial charge in [-0.2, -0.15) is 5.26 Å². The number of aromatic nitrogens is 1. The summed E-state index contributed by atoms with van der Waals surface area (Å²) in [5.41, 5.74) is -0.268. The van der Waals surface area contributed by atoms with Crippen LogP contribution in [0, 0.1) is 11.3 Å². The molecule has 0 radical (unpaired) electrons. The minimum Gasteiger partial charge on any atom is -0.495 e. The molecule has 1 aromatic rings. The summed E-state index contributed by atoms with van der Waals surface area (Å²) in [6.45, 7) is 0. The van der Waals surface area contributed by atoms with Crippen LogP contribution >= 0.6 is 0 Å². The van der Waals surface area contributed by atoms with E-state index in [9.17, 15) is 4.79 Å². The molecule has 0 aliphatic rings. The van der Waals surface area contributed by atoms with Crippen molar-refractivity contribution in [3.8, 4) is 11.8 Å². The van der Waals surface area contributed by atoms with Gasteiger partial charge in [0.1, 0.15) is 11.8 Å². The number of nitrogens with zero attached hydrogens (tertiary/aromatic N) is 2. The van der Waals surface area contributed by atoms with E-state index >= 15 is 0 Å². The predicted molar refractivity (Wildman–Crippen MR) is 42.5 cm³/mol. The second-order valence-corrected chi connectivity index (χ2v) is 2.19. The van der Waals surface area contributed by atoms with Crippen LogP contribution in [0.25, 0.3) is 0 Å². The molecule has 0 saturated carbocycles. The van der Waals surface area contributed by atoms with Gasteiger partial charge in [-0.05, 0) is 6.07 Å². The maximum Gasteiger partial charge on any atom is 0.338 e. The molecule has 1 heterocycles. The zero-order chi connectivity index (χ0) is 9.84. The Morgan fingerprint density at radius 3 is 2.92 bits per heavy atom. The summed E-state index contributed by atoms with van der Waals surface area (Å²) in [6, 6.07) is 2.94. The van der Waals surface area contributed by atoms with Crippen LogP contribution in [0.3, 0.4) is 0 Å². The Bertz CT molecular complexity index is 381. The number of carboxylic acid groups (broad SMARTS) is 1.